The van der Waals surface area contributed by atoms with Crippen molar-refractivity contribution in [3.63, 3.8) is 0 Å². The van der Waals surface area contributed by atoms with Crippen molar-refractivity contribution in [3.05, 3.63) is 30.3 Å². The minimum Gasteiger partial charge on any atom is -0.376 e. The van der Waals surface area contributed by atoms with Gasteiger partial charge in [-0.05, 0) is 25.0 Å². The van der Waals surface area contributed by atoms with E-state index >= 15 is 0 Å². The molecule has 1 N–H and O–H groups in total. The van der Waals surface area contributed by atoms with Gasteiger partial charge in [-0.25, -0.2) is 8.42 Å². The lowest BCUT2D eigenvalue weighted by Gasteiger charge is -2.34. The predicted molar refractivity (Wildman–Crippen MR) is 120 cm³/mol. The Morgan fingerprint density at radius 1 is 1.19 bits per heavy atom. The minimum atomic E-state index is -3.52. The molecule has 0 spiro atoms. The highest BCUT2D eigenvalue weighted by Gasteiger charge is 2.30. The van der Waals surface area contributed by atoms with Crippen LogP contribution in [-0.4, -0.2) is 84.9 Å². The lowest BCUT2D eigenvalue weighted by molar-refractivity contribution is -0.129. The molecule has 168 valence electrons. The van der Waals surface area contributed by atoms with Crippen molar-refractivity contribution in [1.82, 2.24) is 19.4 Å². The number of hydrogen-bond acceptors (Lipinski definition) is 9. The van der Waals surface area contributed by atoms with E-state index in [1.807, 2.05) is 0 Å². The molecular weight excluding hydrogens is 458 g/mol. The number of rotatable bonds is 8. The number of benzene rings is 1. The predicted octanol–water partition coefficient (Wildman–Crippen LogP) is 1.75. The summed E-state index contributed by atoms with van der Waals surface area (Å²) in [5.74, 6) is 0.233. The Labute approximate surface area is 190 Å². The van der Waals surface area contributed by atoms with E-state index in [2.05, 4.69) is 15.5 Å². The largest absolute Gasteiger partial charge is 0.376 e. The first-order valence-corrected chi connectivity index (χ1v) is 13.4. The topological polar surface area (TPSA) is 105 Å². The average Bonchev–Trinajstić information content (AvgIpc) is 3.49. The molecular formula is C19H25N5O4S3. The number of thioether (sulfide) groups is 1. The number of anilines is 1. The maximum atomic E-state index is 12.7. The quantitative estimate of drug-likeness (QED) is 0.567. The van der Waals surface area contributed by atoms with E-state index in [1.165, 1.54) is 27.4 Å². The van der Waals surface area contributed by atoms with Crippen LogP contribution in [0.15, 0.2) is 39.6 Å². The standard InChI is InChI=1S/C19H25N5O4S3/c25-17(14-29-19-22-21-18(30-19)20-13-15-5-4-12-28-15)23-8-10-24(11-9-23)31(26,27)16-6-2-1-3-7-16/h1-3,6-7,15H,4-5,8-14H2,(H,20,21). The molecule has 0 aliphatic carbocycles. The number of amides is 1. The SMILES string of the molecule is O=C(CSc1nnc(NCC2CCCO2)s1)N1CCN(S(=O)(=O)c2ccccc2)CC1. The summed E-state index contributed by atoms with van der Waals surface area (Å²) < 4.78 is 33.2. The summed E-state index contributed by atoms with van der Waals surface area (Å²) in [5, 5.41) is 12.2. The van der Waals surface area contributed by atoms with Crippen LogP contribution in [0.25, 0.3) is 0 Å². The van der Waals surface area contributed by atoms with E-state index in [4.69, 9.17) is 4.74 Å². The smallest absolute Gasteiger partial charge is 0.243 e. The first kappa shape index (κ1) is 22.5. The lowest BCUT2D eigenvalue weighted by Crippen LogP contribution is -2.50. The van der Waals surface area contributed by atoms with Gasteiger partial charge in [-0.1, -0.05) is 41.3 Å². The first-order chi connectivity index (χ1) is 15.0. The van der Waals surface area contributed by atoms with Crippen LogP contribution in [0.4, 0.5) is 5.13 Å². The van der Waals surface area contributed by atoms with Gasteiger partial charge in [0.15, 0.2) is 4.34 Å². The summed E-state index contributed by atoms with van der Waals surface area (Å²) in [6.45, 7) is 2.89. The molecule has 1 aromatic carbocycles. The number of aromatic nitrogens is 2. The highest BCUT2D eigenvalue weighted by atomic mass is 32.2. The molecule has 0 saturated carbocycles. The molecule has 1 unspecified atom stereocenters. The molecule has 2 aromatic rings. The van der Waals surface area contributed by atoms with Gasteiger partial charge in [0.05, 0.1) is 16.8 Å². The molecule has 9 nitrogen and oxygen atoms in total. The van der Waals surface area contributed by atoms with Crippen molar-refractivity contribution < 1.29 is 17.9 Å². The monoisotopic (exact) mass is 483 g/mol. The van der Waals surface area contributed by atoms with Crippen molar-refractivity contribution in [2.45, 2.75) is 28.2 Å². The van der Waals surface area contributed by atoms with Gasteiger partial charge in [-0.3, -0.25) is 4.79 Å². The summed E-state index contributed by atoms with van der Waals surface area (Å²) in [7, 11) is -3.52. The fourth-order valence-electron chi connectivity index (χ4n) is 3.48. The molecule has 0 radical (unpaired) electrons. The van der Waals surface area contributed by atoms with Crippen LogP contribution in [0.3, 0.4) is 0 Å². The van der Waals surface area contributed by atoms with Gasteiger partial charge in [-0.2, -0.15) is 4.31 Å². The third kappa shape index (κ3) is 5.75. The third-order valence-corrected chi connectivity index (χ3v) is 9.11. The Morgan fingerprint density at radius 2 is 1.97 bits per heavy atom. The van der Waals surface area contributed by atoms with Crippen molar-refractivity contribution in [1.29, 1.82) is 0 Å². The van der Waals surface area contributed by atoms with Crippen LogP contribution in [-0.2, 0) is 19.6 Å². The number of carbonyl (C=O) groups excluding carboxylic acids is 1. The zero-order valence-electron chi connectivity index (χ0n) is 17.0. The van der Waals surface area contributed by atoms with Gasteiger partial charge in [0.25, 0.3) is 0 Å². The van der Waals surface area contributed by atoms with Crippen LogP contribution in [0.5, 0.6) is 0 Å². The van der Waals surface area contributed by atoms with Gasteiger partial charge in [0, 0.05) is 39.3 Å². The molecule has 1 amide bonds. The highest BCUT2D eigenvalue weighted by molar-refractivity contribution is 8.01. The Morgan fingerprint density at radius 3 is 2.68 bits per heavy atom. The number of carbonyl (C=O) groups is 1. The molecule has 2 aliphatic heterocycles. The molecule has 3 heterocycles. The summed E-state index contributed by atoms with van der Waals surface area (Å²) >= 11 is 2.78. The second-order valence-electron chi connectivity index (χ2n) is 7.28. The van der Waals surface area contributed by atoms with Gasteiger partial charge in [-0.15, -0.1) is 10.2 Å². The zero-order chi connectivity index (χ0) is 21.7. The van der Waals surface area contributed by atoms with E-state index in [0.29, 0.717) is 32.7 Å². The Kier molecular flexibility index (Phi) is 7.43. The molecule has 31 heavy (non-hydrogen) atoms. The van der Waals surface area contributed by atoms with Crippen LogP contribution < -0.4 is 5.32 Å². The van der Waals surface area contributed by atoms with Crippen LogP contribution >= 0.6 is 23.1 Å². The molecule has 1 aromatic heterocycles. The van der Waals surface area contributed by atoms with Gasteiger partial charge < -0.3 is 15.0 Å². The van der Waals surface area contributed by atoms with Crippen LogP contribution in [0, 0.1) is 0 Å². The molecule has 2 aliphatic rings. The molecule has 12 heteroatoms. The molecule has 2 fully saturated rings. The van der Waals surface area contributed by atoms with E-state index in [9.17, 15) is 13.2 Å². The van der Waals surface area contributed by atoms with E-state index in [-0.39, 0.29) is 22.7 Å². The number of piperazine rings is 1. The second-order valence-corrected chi connectivity index (χ2v) is 11.4. The first-order valence-electron chi connectivity index (χ1n) is 10.2. The van der Waals surface area contributed by atoms with Gasteiger partial charge in [0.1, 0.15) is 0 Å². The highest BCUT2D eigenvalue weighted by Crippen LogP contribution is 2.26. The summed E-state index contributed by atoms with van der Waals surface area (Å²) in [4.78, 5) is 14.6. The average molecular weight is 484 g/mol. The van der Waals surface area contributed by atoms with Crippen molar-refractivity contribution in [2.24, 2.45) is 0 Å². The number of nitrogens with one attached hydrogen (secondary N) is 1. The third-order valence-electron chi connectivity index (χ3n) is 5.20. The Balaban J connectivity index is 1.21. The number of ether oxygens (including phenoxy) is 1. The Hall–Kier alpha value is -1.73. The van der Waals surface area contributed by atoms with E-state index in [1.54, 1.807) is 35.2 Å². The van der Waals surface area contributed by atoms with Crippen molar-refractivity contribution in [2.75, 3.05) is 50.4 Å². The van der Waals surface area contributed by atoms with Gasteiger partial charge >= 0.3 is 0 Å². The fourth-order valence-corrected chi connectivity index (χ4v) is 6.58. The Bertz CT molecular complexity index is 971. The van der Waals surface area contributed by atoms with Crippen molar-refractivity contribution in [3.8, 4) is 0 Å². The fraction of sp³-hybridized carbons (Fsp3) is 0.526. The summed E-state index contributed by atoms with van der Waals surface area (Å²) in [5.41, 5.74) is 0. The van der Waals surface area contributed by atoms with Crippen LogP contribution in [0.2, 0.25) is 0 Å². The van der Waals surface area contributed by atoms with E-state index < -0.39 is 10.0 Å². The molecule has 2 saturated heterocycles. The minimum absolute atomic E-state index is 0.0224. The molecule has 0 bridgehead atoms. The van der Waals surface area contributed by atoms with Crippen molar-refractivity contribution >= 4 is 44.2 Å². The summed E-state index contributed by atoms with van der Waals surface area (Å²) in [6, 6.07) is 8.39. The molecule has 1 atom stereocenters. The zero-order valence-corrected chi connectivity index (χ0v) is 19.4. The number of hydrogen-bond donors (Lipinski definition) is 1. The maximum Gasteiger partial charge on any atom is 0.243 e. The maximum absolute atomic E-state index is 12.7. The normalized spacial score (nSPS) is 20.1. The number of sulfonamides is 1. The van der Waals surface area contributed by atoms with Crippen LogP contribution in [0.1, 0.15) is 12.8 Å². The summed E-state index contributed by atoms with van der Waals surface area (Å²) in [6.07, 6.45) is 2.38. The second kappa shape index (κ2) is 10.3. The van der Waals surface area contributed by atoms with E-state index in [0.717, 1.165) is 28.9 Å². The molecule has 4 rings (SSSR count). The lowest BCUT2D eigenvalue weighted by atomic mass is 10.2. The number of nitrogens with zero attached hydrogens (tertiary/aromatic N) is 4. The van der Waals surface area contributed by atoms with Gasteiger partial charge in [0.2, 0.25) is 21.1 Å².